The van der Waals surface area contributed by atoms with Gasteiger partial charge in [0.25, 0.3) is 0 Å². The molecule has 0 unspecified atom stereocenters. The number of rotatable bonds is 4. The quantitative estimate of drug-likeness (QED) is 0.719. The minimum atomic E-state index is -3.47. The third-order valence-corrected chi connectivity index (χ3v) is 7.03. The number of hydrogen-bond donors (Lipinski definition) is 2. The number of nitrogens with one attached hydrogen (secondary N) is 2. The van der Waals surface area contributed by atoms with Crippen molar-refractivity contribution in [1.29, 1.82) is 0 Å². The molecule has 1 heterocycles. The summed E-state index contributed by atoms with van der Waals surface area (Å²) < 4.78 is 27.5. The van der Waals surface area contributed by atoms with Crippen LogP contribution in [-0.2, 0) is 10.0 Å². The van der Waals surface area contributed by atoms with Gasteiger partial charge in [-0.3, -0.25) is 0 Å². The second-order valence-electron chi connectivity index (χ2n) is 7.69. The van der Waals surface area contributed by atoms with E-state index in [9.17, 15) is 8.42 Å². The molecule has 0 aliphatic carbocycles. The maximum absolute atomic E-state index is 13.0. The molecule has 1 aliphatic rings. The summed E-state index contributed by atoms with van der Waals surface area (Å²) in [6.07, 6.45) is 1.07. The summed E-state index contributed by atoms with van der Waals surface area (Å²) >= 11 is 5.36. The lowest BCUT2D eigenvalue weighted by molar-refractivity contribution is 0.222. The van der Waals surface area contributed by atoms with Crippen molar-refractivity contribution in [3.05, 3.63) is 54.1 Å². The van der Waals surface area contributed by atoms with E-state index in [0.29, 0.717) is 34.9 Å². The van der Waals surface area contributed by atoms with Gasteiger partial charge in [0, 0.05) is 24.5 Å². The number of sulfonamides is 1. The molecule has 150 valence electrons. The van der Waals surface area contributed by atoms with Gasteiger partial charge < -0.3 is 10.6 Å². The molecule has 2 aromatic carbocycles. The first-order chi connectivity index (χ1) is 13.3. The molecule has 0 amide bonds. The topological polar surface area (TPSA) is 61.4 Å². The van der Waals surface area contributed by atoms with Crippen molar-refractivity contribution in [3.8, 4) is 0 Å². The number of anilines is 2. The molecule has 2 aromatic rings. The Kier molecular flexibility index (Phi) is 6.37. The summed E-state index contributed by atoms with van der Waals surface area (Å²) in [5.74, 6) is 0.758. The van der Waals surface area contributed by atoms with E-state index in [-0.39, 0.29) is 0 Å². The largest absolute Gasteiger partial charge is 0.332 e. The Morgan fingerprint density at radius 3 is 2.21 bits per heavy atom. The minimum Gasteiger partial charge on any atom is -0.332 e. The lowest BCUT2D eigenvalue weighted by atomic mass is 9.94. The second kappa shape index (κ2) is 8.59. The molecule has 28 heavy (non-hydrogen) atoms. The highest BCUT2D eigenvalue weighted by molar-refractivity contribution is 7.89. The van der Waals surface area contributed by atoms with Crippen LogP contribution in [0.15, 0.2) is 53.4 Å². The van der Waals surface area contributed by atoms with Crippen LogP contribution in [0.4, 0.5) is 11.4 Å². The predicted molar refractivity (Wildman–Crippen MR) is 119 cm³/mol. The standard InChI is InChI=1S/C21H27N3O2S2/c1-15-12-16(2)14-24(13-15)28(25,26)19-10-8-18(9-11-19)22-21(27)23-20-7-5-4-6-17(20)3/h4-11,15-16H,12-14H2,1-3H3,(H2,22,23,27)/t15-,16-/m1/s1. The molecule has 1 fully saturated rings. The highest BCUT2D eigenvalue weighted by Crippen LogP contribution is 2.27. The smallest absolute Gasteiger partial charge is 0.243 e. The SMILES string of the molecule is Cc1ccccc1NC(=S)Nc1ccc(S(=O)(=O)N2C[C@H](C)C[C@@H](C)C2)cc1. The molecule has 1 saturated heterocycles. The summed E-state index contributed by atoms with van der Waals surface area (Å²) in [7, 11) is -3.47. The van der Waals surface area contributed by atoms with Crippen LogP contribution in [0.5, 0.6) is 0 Å². The van der Waals surface area contributed by atoms with Crippen LogP contribution in [0, 0.1) is 18.8 Å². The number of thiocarbonyl (C=S) groups is 1. The monoisotopic (exact) mass is 417 g/mol. The van der Waals surface area contributed by atoms with Crippen LogP contribution in [-0.4, -0.2) is 30.9 Å². The van der Waals surface area contributed by atoms with Crippen molar-refractivity contribution < 1.29 is 8.42 Å². The highest BCUT2D eigenvalue weighted by atomic mass is 32.2. The first-order valence-electron chi connectivity index (χ1n) is 9.49. The van der Waals surface area contributed by atoms with E-state index < -0.39 is 10.0 Å². The average Bonchev–Trinajstić information content (AvgIpc) is 2.63. The first-order valence-corrected chi connectivity index (χ1v) is 11.3. The first kappa shape index (κ1) is 20.8. The molecular weight excluding hydrogens is 390 g/mol. The molecule has 2 N–H and O–H groups in total. The lowest BCUT2D eigenvalue weighted by Crippen LogP contribution is -2.42. The van der Waals surface area contributed by atoms with Crippen molar-refractivity contribution in [3.63, 3.8) is 0 Å². The van der Waals surface area contributed by atoms with Crippen LogP contribution < -0.4 is 10.6 Å². The van der Waals surface area contributed by atoms with Gasteiger partial charge in [0.05, 0.1) is 4.90 Å². The molecule has 0 saturated carbocycles. The van der Waals surface area contributed by atoms with Gasteiger partial charge in [0.2, 0.25) is 10.0 Å². The van der Waals surface area contributed by atoms with E-state index in [4.69, 9.17) is 12.2 Å². The van der Waals surface area contributed by atoms with Crippen LogP contribution in [0.1, 0.15) is 25.8 Å². The summed E-state index contributed by atoms with van der Waals surface area (Å²) in [5, 5.41) is 6.72. The number of aryl methyl sites for hydroxylation is 1. The van der Waals surface area contributed by atoms with Crippen molar-refractivity contribution in [2.24, 2.45) is 11.8 Å². The van der Waals surface area contributed by atoms with Crippen molar-refractivity contribution in [2.75, 3.05) is 23.7 Å². The van der Waals surface area contributed by atoms with Crippen LogP contribution in [0.2, 0.25) is 0 Å². The summed E-state index contributed by atoms with van der Waals surface area (Å²) in [4.78, 5) is 0.317. The summed E-state index contributed by atoms with van der Waals surface area (Å²) in [6, 6.07) is 14.6. The van der Waals surface area contributed by atoms with Gasteiger partial charge >= 0.3 is 0 Å². The molecule has 2 atom stereocenters. The highest BCUT2D eigenvalue weighted by Gasteiger charge is 2.31. The molecule has 0 bridgehead atoms. The molecule has 0 spiro atoms. The minimum absolute atomic E-state index is 0.317. The van der Waals surface area contributed by atoms with E-state index in [1.54, 1.807) is 28.6 Å². The molecular formula is C21H27N3O2S2. The molecule has 5 nitrogen and oxygen atoms in total. The Balaban J connectivity index is 1.67. The Morgan fingerprint density at radius 2 is 1.61 bits per heavy atom. The molecule has 0 aromatic heterocycles. The normalized spacial score (nSPS) is 20.5. The predicted octanol–water partition coefficient (Wildman–Crippen LogP) is 4.47. The van der Waals surface area contributed by atoms with E-state index in [1.165, 1.54) is 0 Å². The zero-order chi connectivity index (χ0) is 20.3. The third-order valence-electron chi connectivity index (χ3n) is 4.98. The fourth-order valence-electron chi connectivity index (χ4n) is 3.66. The fourth-order valence-corrected chi connectivity index (χ4v) is 5.57. The summed E-state index contributed by atoms with van der Waals surface area (Å²) in [5.41, 5.74) is 2.77. The van der Waals surface area contributed by atoms with Crippen LogP contribution in [0.25, 0.3) is 0 Å². The van der Waals surface area contributed by atoms with Gasteiger partial charge in [-0.1, -0.05) is 32.0 Å². The maximum Gasteiger partial charge on any atom is 0.243 e. The maximum atomic E-state index is 13.0. The van der Waals surface area contributed by atoms with Crippen molar-refractivity contribution in [1.82, 2.24) is 4.31 Å². The van der Waals surface area contributed by atoms with E-state index >= 15 is 0 Å². The van der Waals surface area contributed by atoms with Gasteiger partial charge in [-0.25, -0.2) is 8.42 Å². The molecule has 7 heteroatoms. The van der Waals surface area contributed by atoms with E-state index in [2.05, 4.69) is 24.5 Å². The van der Waals surface area contributed by atoms with Gasteiger partial charge in [0.1, 0.15) is 0 Å². The van der Waals surface area contributed by atoms with Crippen LogP contribution >= 0.6 is 12.2 Å². The number of para-hydroxylation sites is 1. The van der Waals surface area contributed by atoms with Crippen LogP contribution in [0.3, 0.4) is 0 Å². The van der Waals surface area contributed by atoms with Gasteiger partial charge in [-0.2, -0.15) is 4.31 Å². The Bertz CT molecular complexity index is 932. The van der Waals surface area contributed by atoms with E-state index in [1.807, 2.05) is 31.2 Å². The second-order valence-corrected chi connectivity index (χ2v) is 10.0. The van der Waals surface area contributed by atoms with Crippen molar-refractivity contribution >= 4 is 38.7 Å². The zero-order valence-electron chi connectivity index (χ0n) is 16.5. The molecule has 3 rings (SSSR count). The molecule has 0 radical (unpaired) electrons. The van der Waals surface area contributed by atoms with Gasteiger partial charge in [0.15, 0.2) is 5.11 Å². The average molecular weight is 418 g/mol. The third kappa shape index (κ3) is 4.90. The Labute approximate surface area is 173 Å². The number of hydrogen-bond acceptors (Lipinski definition) is 3. The Morgan fingerprint density at radius 1 is 1.00 bits per heavy atom. The van der Waals surface area contributed by atoms with E-state index in [0.717, 1.165) is 23.4 Å². The Hall–Kier alpha value is -1.96. The number of benzene rings is 2. The zero-order valence-corrected chi connectivity index (χ0v) is 18.1. The van der Waals surface area contributed by atoms with Gasteiger partial charge in [-0.05, 0) is 73.3 Å². The van der Waals surface area contributed by atoms with Crippen molar-refractivity contribution in [2.45, 2.75) is 32.1 Å². The number of piperidine rings is 1. The van der Waals surface area contributed by atoms with Gasteiger partial charge in [-0.15, -0.1) is 0 Å². The number of nitrogens with zero attached hydrogens (tertiary/aromatic N) is 1. The lowest BCUT2D eigenvalue weighted by Gasteiger charge is -2.34. The fraction of sp³-hybridized carbons (Fsp3) is 0.381. The molecule has 1 aliphatic heterocycles. The summed E-state index contributed by atoms with van der Waals surface area (Å²) in [6.45, 7) is 7.38.